The van der Waals surface area contributed by atoms with E-state index in [0.717, 1.165) is 37.0 Å². The first-order chi connectivity index (χ1) is 15.5. The van der Waals surface area contributed by atoms with Gasteiger partial charge in [-0.3, -0.25) is 0 Å². The number of hydrogen-bond donors (Lipinski definition) is 3. The van der Waals surface area contributed by atoms with Gasteiger partial charge in [0.15, 0.2) is 0 Å². The van der Waals surface area contributed by atoms with Gasteiger partial charge in [-0.2, -0.15) is 0 Å². The maximum absolute atomic E-state index is 11.2. The van der Waals surface area contributed by atoms with Gasteiger partial charge in [0.2, 0.25) is 0 Å². The zero-order valence-electron chi connectivity index (χ0n) is 21.3. The summed E-state index contributed by atoms with van der Waals surface area (Å²) in [6, 6.07) is 0. The minimum Gasteiger partial charge on any atom is -0.478 e. The highest BCUT2D eigenvalue weighted by Crippen LogP contribution is 2.87. The van der Waals surface area contributed by atoms with Crippen LogP contribution in [0.5, 0.6) is 0 Å². The Morgan fingerprint density at radius 3 is 2.42 bits per heavy atom. The van der Waals surface area contributed by atoms with Crippen LogP contribution in [0.15, 0.2) is 11.6 Å². The molecule has 186 valence electrons. The van der Waals surface area contributed by atoms with Crippen molar-refractivity contribution >= 4 is 5.97 Å². The lowest BCUT2D eigenvalue weighted by Gasteiger charge is -2.59. The van der Waals surface area contributed by atoms with E-state index in [2.05, 4.69) is 27.7 Å². The predicted molar refractivity (Wildman–Crippen MR) is 129 cm³/mol. The van der Waals surface area contributed by atoms with Gasteiger partial charge >= 0.3 is 5.97 Å². The van der Waals surface area contributed by atoms with Gasteiger partial charge in [-0.15, -0.1) is 0 Å². The SMILES string of the molecule is CC(CC/C=C(/CO)C(=O)O)[C@H]1CCC2C3CCC4C(C)(C)[C@@H](O)CC[C@@]45C[C@@]35CC[C@@]21C. The van der Waals surface area contributed by atoms with Gasteiger partial charge in [-0.05, 0) is 122 Å². The lowest BCUT2D eigenvalue weighted by atomic mass is 9.46. The molecule has 9 atom stereocenters. The molecule has 4 unspecified atom stereocenters. The van der Waals surface area contributed by atoms with Gasteiger partial charge in [0.05, 0.1) is 18.3 Å². The number of aliphatic hydroxyl groups excluding tert-OH is 2. The van der Waals surface area contributed by atoms with Crippen LogP contribution in [-0.4, -0.2) is 34.0 Å². The van der Waals surface area contributed by atoms with E-state index in [9.17, 15) is 20.1 Å². The highest BCUT2D eigenvalue weighted by atomic mass is 16.4. The summed E-state index contributed by atoms with van der Waals surface area (Å²) < 4.78 is 0. The molecular formula is C29H46O4. The molecule has 0 bridgehead atoms. The van der Waals surface area contributed by atoms with Gasteiger partial charge < -0.3 is 15.3 Å². The van der Waals surface area contributed by atoms with Crippen molar-refractivity contribution in [1.29, 1.82) is 0 Å². The van der Waals surface area contributed by atoms with Crippen LogP contribution in [0.1, 0.15) is 98.3 Å². The summed E-state index contributed by atoms with van der Waals surface area (Å²) in [5.41, 5.74) is 1.71. The van der Waals surface area contributed by atoms with Gasteiger partial charge in [0.1, 0.15) is 0 Å². The Hall–Kier alpha value is -0.870. The molecule has 4 nitrogen and oxygen atoms in total. The molecule has 0 amide bonds. The van der Waals surface area contributed by atoms with Crippen molar-refractivity contribution in [2.24, 2.45) is 51.2 Å². The molecule has 33 heavy (non-hydrogen) atoms. The smallest absolute Gasteiger partial charge is 0.333 e. The van der Waals surface area contributed by atoms with Crippen molar-refractivity contribution in [3.63, 3.8) is 0 Å². The summed E-state index contributed by atoms with van der Waals surface area (Å²) in [6.07, 6.45) is 15.2. The second kappa shape index (κ2) is 7.82. The number of hydrogen-bond acceptors (Lipinski definition) is 3. The Kier molecular flexibility index (Phi) is 5.65. The number of carbonyl (C=O) groups is 1. The van der Waals surface area contributed by atoms with Gasteiger partial charge in [0.25, 0.3) is 0 Å². The number of aliphatic carboxylic acids is 1. The van der Waals surface area contributed by atoms with Crippen molar-refractivity contribution < 1.29 is 20.1 Å². The first kappa shape index (κ1) is 23.9. The van der Waals surface area contributed by atoms with Crippen LogP contribution in [0.25, 0.3) is 0 Å². The van der Waals surface area contributed by atoms with Crippen molar-refractivity contribution in [2.75, 3.05) is 6.61 Å². The molecule has 3 N–H and O–H groups in total. The van der Waals surface area contributed by atoms with Crippen molar-refractivity contribution in [3.8, 4) is 0 Å². The summed E-state index contributed by atoms with van der Waals surface area (Å²) in [5, 5.41) is 29.2. The lowest BCUT2D eigenvalue weighted by Crippen LogP contribution is -2.54. The van der Waals surface area contributed by atoms with Crippen molar-refractivity contribution in [1.82, 2.24) is 0 Å². The molecular weight excluding hydrogens is 412 g/mol. The lowest BCUT2D eigenvalue weighted by molar-refractivity contribution is -0.133. The van der Waals surface area contributed by atoms with E-state index in [1.807, 2.05) is 0 Å². The molecule has 0 aromatic carbocycles. The molecule has 0 aromatic rings. The zero-order valence-corrected chi connectivity index (χ0v) is 21.3. The fourth-order valence-electron chi connectivity index (χ4n) is 10.8. The first-order valence-corrected chi connectivity index (χ1v) is 13.7. The Bertz CT molecular complexity index is 831. The third-order valence-corrected chi connectivity index (χ3v) is 12.5. The van der Waals surface area contributed by atoms with Crippen molar-refractivity contribution in [3.05, 3.63) is 11.6 Å². The summed E-state index contributed by atoms with van der Waals surface area (Å²) in [5.74, 6) is 2.75. The molecule has 5 aliphatic rings. The van der Waals surface area contributed by atoms with Crippen LogP contribution >= 0.6 is 0 Å². The molecule has 5 fully saturated rings. The highest BCUT2D eigenvalue weighted by Gasteiger charge is 2.80. The van der Waals surface area contributed by atoms with E-state index >= 15 is 0 Å². The molecule has 5 aliphatic carbocycles. The maximum Gasteiger partial charge on any atom is 0.333 e. The normalized spacial score (nSPS) is 48.8. The van der Waals surface area contributed by atoms with Crippen molar-refractivity contribution in [2.45, 2.75) is 104 Å². The number of rotatable bonds is 6. The van der Waals surface area contributed by atoms with Gasteiger partial charge in [0, 0.05) is 0 Å². The molecule has 4 heteroatoms. The van der Waals surface area contributed by atoms with Crippen LogP contribution in [-0.2, 0) is 4.79 Å². The fourth-order valence-corrected chi connectivity index (χ4v) is 10.8. The largest absolute Gasteiger partial charge is 0.478 e. The fraction of sp³-hybridized carbons (Fsp3) is 0.897. The molecule has 5 rings (SSSR count). The quantitative estimate of drug-likeness (QED) is 0.439. The number of carboxylic acids is 1. The second-order valence-corrected chi connectivity index (χ2v) is 13.6. The Morgan fingerprint density at radius 2 is 1.73 bits per heavy atom. The van der Waals surface area contributed by atoms with E-state index in [1.54, 1.807) is 6.08 Å². The van der Waals surface area contributed by atoms with E-state index in [-0.39, 0.29) is 23.7 Å². The number of allylic oxidation sites excluding steroid dienone is 1. The van der Waals surface area contributed by atoms with E-state index < -0.39 is 5.97 Å². The van der Waals surface area contributed by atoms with Crippen LogP contribution in [0.2, 0.25) is 0 Å². The number of fused-ring (bicyclic) bond motifs is 2. The number of aliphatic hydroxyl groups is 2. The van der Waals surface area contributed by atoms with Gasteiger partial charge in [-0.25, -0.2) is 4.79 Å². The van der Waals surface area contributed by atoms with Crippen LogP contribution in [0.3, 0.4) is 0 Å². The average molecular weight is 459 g/mol. The highest BCUT2D eigenvalue weighted by molar-refractivity contribution is 5.86. The predicted octanol–water partition coefficient (Wildman–Crippen LogP) is 5.82. The zero-order chi connectivity index (χ0) is 23.8. The topological polar surface area (TPSA) is 77.8 Å². The number of carboxylic acid groups (broad SMARTS) is 1. The molecule has 0 heterocycles. The maximum atomic E-state index is 11.2. The molecule has 0 aromatic heterocycles. The first-order valence-electron chi connectivity index (χ1n) is 13.7. The van der Waals surface area contributed by atoms with Gasteiger partial charge in [-0.1, -0.05) is 33.8 Å². The van der Waals surface area contributed by atoms with Crippen LogP contribution < -0.4 is 0 Å². The minimum atomic E-state index is -0.997. The minimum absolute atomic E-state index is 0.0666. The molecule has 2 spiro atoms. The third-order valence-electron chi connectivity index (χ3n) is 12.5. The summed E-state index contributed by atoms with van der Waals surface area (Å²) in [7, 11) is 0. The van der Waals surface area contributed by atoms with E-state index in [4.69, 9.17) is 0 Å². The summed E-state index contributed by atoms with van der Waals surface area (Å²) >= 11 is 0. The summed E-state index contributed by atoms with van der Waals surface area (Å²) in [4.78, 5) is 11.2. The summed E-state index contributed by atoms with van der Waals surface area (Å²) in [6.45, 7) is 9.29. The molecule has 0 aliphatic heterocycles. The molecule has 0 saturated heterocycles. The Morgan fingerprint density at radius 1 is 1.00 bits per heavy atom. The molecule has 0 radical (unpaired) electrons. The van der Waals surface area contributed by atoms with E-state index in [1.165, 1.54) is 51.4 Å². The van der Waals surface area contributed by atoms with Crippen LogP contribution in [0, 0.1) is 51.2 Å². The van der Waals surface area contributed by atoms with Crippen LogP contribution in [0.4, 0.5) is 0 Å². The second-order valence-electron chi connectivity index (χ2n) is 13.6. The Balaban J connectivity index is 1.31. The third kappa shape index (κ3) is 3.18. The van der Waals surface area contributed by atoms with E-state index in [0.29, 0.717) is 28.1 Å². The average Bonchev–Trinajstić information content (AvgIpc) is 3.30. The monoisotopic (exact) mass is 458 g/mol. The Labute approximate surface area is 200 Å². The standard InChI is InChI=1S/C29H46O4/c1-18(6-5-7-19(16-30)25(32)33)20-8-9-21-22-10-11-23-26(2,3)24(31)12-13-29(23)17-28(22,29)15-14-27(20,21)4/h7,18,20-24,30-31H,5-6,8-17H2,1-4H3,(H,32,33)/b19-7-/t18?,20-,21?,22?,23?,24+,27-,28+,29-/m1/s1. The molecule has 5 saturated carbocycles.